The highest BCUT2D eigenvalue weighted by Crippen LogP contribution is 2.26. The van der Waals surface area contributed by atoms with Crippen molar-refractivity contribution in [2.45, 2.75) is 0 Å². The van der Waals surface area contributed by atoms with Crippen LogP contribution < -0.4 is 10.6 Å². The number of aromatic nitrogens is 1. The third-order valence-electron chi connectivity index (χ3n) is 4.21. The number of thiocarbonyl (C=S) groups is 1. The molecule has 0 unspecified atom stereocenters. The lowest BCUT2D eigenvalue weighted by Gasteiger charge is -2.09. The Morgan fingerprint density at radius 2 is 1.83 bits per heavy atom. The second kappa shape index (κ2) is 8.10. The predicted molar refractivity (Wildman–Crippen MR) is 116 cm³/mol. The lowest BCUT2D eigenvalue weighted by atomic mass is 10.2. The molecule has 1 heterocycles. The van der Waals surface area contributed by atoms with E-state index in [0.29, 0.717) is 22.7 Å². The zero-order valence-electron chi connectivity index (χ0n) is 15.4. The van der Waals surface area contributed by atoms with Crippen molar-refractivity contribution in [1.82, 2.24) is 10.3 Å². The molecule has 148 valence electrons. The summed E-state index contributed by atoms with van der Waals surface area (Å²) in [7, 11) is 0. The van der Waals surface area contributed by atoms with Crippen LogP contribution in [0.3, 0.4) is 0 Å². The fourth-order valence-corrected chi connectivity index (χ4v) is 3.02. The van der Waals surface area contributed by atoms with Crippen molar-refractivity contribution < 1.29 is 14.1 Å². The van der Waals surface area contributed by atoms with Gasteiger partial charge < -0.3 is 9.73 Å². The average Bonchev–Trinajstić information content (AvgIpc) is 3.18. The number of non-ortho nitro benzene ring substituents is 1. The highest BCUT2D eigenvalue weighted by Gasteiger charge is 2.13. The van der Waals surface area contributed by atoms with Gasteiger partial charge in [-0.15, -0.1) is 0 Å². The molecule has 1 aromatic heterocycles. The number of rotatable bonds is 4. The van der Waals surface area contributed by atoms with E-state index in [-0.39, 0.29) is 16.4 Å². The van der Waals surface area contributed by atoms with E-state index in [9.17, 15) is 14.9 Å². The van der Waals surface area contributed by atoms with Crippen LogP contribution in [-0.4, -0.2) is 20.9 Å². The maximum Gasteiger partial charge on any atom is 0.270 e. The van der Waals surface area contributed by atoms with Crippen LogP contribution in [0.2, 0.25) is 0 Å². The number of nitro groups is 1. The van der Waals surface area contributed by atoms with Crippen molar-refractivity contribution in [2.24, 2.45) is 0 Å². The van der Waals surface area contributed by atoms with Gasteiger partial charge in [0.15, 0.2) is 10.7 Å². The second-order valence-corrected chi connectivity index (χ2v) is 6.69. The van der Waals surface area contributed by atoms with Crippen LogP contribution in [0.1, 0.15) is 10.4 Å². The van der Waals surface area contributed by atoms with E-state index >= 15 is 0 Å². The summed E-state index contributed by atoms with van der Waals surface area (Å²) in [6, 6.07) is 20.2. The van der Waals surface area contributed by atoms with E-state index in [0.717, 1.165) is 5.56 Å². The van der Waals surface area contributed by atoms with Gasteiger partial charge in [-0.05, 0) is 48.6 Å². The van der Waals surface area contributed by atoms with Crippen LogP contribution >= 0.6 is 12.2 Å². The summed E-state index contributed by atoms with van der Waals surface area (Å²) in [6.07, 6.45) is 0. The molecule has 0 bridgehead atoms. The summed E-state index contributed by atoms with van der Waals surface area (Å²) in [5.74, 6) is -0.0469. The molecule has 30 heavy (non-hydrogen) atoms. The Balaban J connectivity index is 1.47. The summed E-state index contributed by atoms with van der Waals surface area (Å²) in [5, 5.41) is 16.3. The van der Waals surface area contributed by atoms with Gasteiger partial charge in [0.2, 0.25) is 5.89 Å². The minimum atomic E-state index is -0.565. The summed E-state index contributed by atoms with van der Waals surface area (Å²) in [4.78, 5) is 27.1. The second-order valence-electron chi connectivity index (χ2n) is 6.28. The van der Waals surface area contributed by atoms with E-state index in [4.69, 9.17) is 16.6 Å². The normalized spacial score (nSPS) is 10.5. The number of nitro benzene ring substituents is 1. The Morgan fingerprint density at radius 1 is 1.03 bits per heavy atom. The topological polar surface area (TPSA) is 110 Å². The zero-order chi connectivity index (χ0) is 21.1. The smallest absolute Gasteiger partial charge is 0.270 e. The molecule has 2 N–H and O–H groups in total. The summed E-state index contributed by atoms with van der Waals surface area (Å²) < 4.78 is 5.77. The standard InChI is InChI=1S/C21H14N4O4S/c26-19(14-7-4-8-16(11-14)25(27)28)24-21(30)22-15-9-10-18-17(12-15)23-20(29-18)13-5-2-1-3-6-13/h1-12H,(H2,22,24,26,30). The number of carbonyl (C=O) groups excluding carboxylic acids is 1. The monoisotopic (exact) mass is 418 g/mol. The molecule has 0 spiro atoms. The summed E-state index contributed by atoms with van der Waals surface area (Å²) >= 11 is 5.18. The minimum absolute atomic E-state index is 0.0534. The molecule has 0 aliphatic rings. The number of nitrogens with one attached hydrogen (secondary N) is 2. The Kier molecular flexibility index (Phi) is 5.19. The number of carbonyl (C=O) groups is 1. The summed E-state index contributed by atoms with van der Waals surface area (Å²) in [5.41, 5.74) is 2.68. The minimum Gasteiger partial charge on any atom is -0.436 e. The number of anilines is 1. The highest BCUT2D eigenvalue weighted by atomic mass is 32.1. The van der Waals surface area contributed by atoms with Crippen LogP contribution in [0.4, 0.5) is 11.4 Å². The van der Waals surface area contributed by atoms with E-state index in [2.05, 4.69) is 15.6 Å². The van der Waals surface area contributed by atoms with Crippen LogP contribution in [-0.2, 0) is 0 Å². The molecule has 3 aromatic carbocycles. The molecule has 0 atom stereocenters. The fraction of sp³-hybridized carbons (Fsp3) is 0. The van der Waals surface area contributed by atoms with Gasteiger partial charge >= 0.3 is 0 Å². The number of hydrogen-bond donors (Lipinski definition) is 2. The maximum atomic E-state index is 12.3. The maximum absolute atomic E-state index is 12.3. The number of hydrogen-bond acceptors (Lipinski definition) is 6. The molecule has 0 fully saturated rings. The Hall–Kier alpha value is -4.11. The molecule has 4 aromatic rings. The zero-order valence-corrected chi connectivity index (χ0v) is 16.2. The SMILES string of the molecule is O=C(NC(=S)Nc1ccc2oc(-c3ccccc3)nc2c1)c1cccc([N+](=O)[O-])c1. The molecule has 8 nitrogen and oxygen atoms in total. The summed E-state index contributed by atoms with van der Waals surface area (Å²) in [6.45, 7) is 0. The van der Waals surface area contributed by atoms with Crippen molar-refractivity contribution in [3.8, 4) is 11.5 Å². The van der Waals surface area contributed by atoms with Crippen LogP contribution in [0, 0.1) is 10.1 Å². The van der Waals surface area contributed by atoms with Gasteiger partial charge in [0.05, 0.1) is 4.92 Å². The molecule has 0 aliphatic carbocycles. The lowest BCUT2D eigenvalue weighted by molar-refractivity contribution is -0.384. The van der Waals surface area contributed by atoms with Gasteiger partial charge in [0.1, 0.15) is 5.52 Å². The van der Waals surface area contributed by atoms with Crippen molar-refractivity contribution in [3.05, 3.63) is 88.5 Å². The Labute approximate surface area is 175 Å². The Morgan fingerprint density at radius 3 is 2.60 bits per heavy atom. The first-order valence-electron chi connectivity index (χ1n) is 8.82. The van der Waals surface area contributed by atoms with E-state index in [1.54, 1.807) is 18.2 Å². The fourth-order valence-electron chi connectivity index (χ4n) is 2.81. The van der Waals surface area contributed by atoms with Gasteiger partial charge in [-0.25, -0.2) is 4.98 Å². The molecule has 9 heteroatoms. The highest BCUT2D eigenvalue weighted by molar-refractivity contribution is 7.80. The van der Waals surface area contributed by atoms with Gasteiger partial charge in [-0.3, -0.25) is 20.2 Å². The van der Waals surface area contributed by atoms with Crippen molar-refractivity contribution in [3.63, 3.8) is 0 Å². The van der Waals surface area contributed by atoms with Crippen LogP contribution in [0.25, 0.3) is 22.6 Å². The first kappa shape index (κ1) is 19.2. The van der Waals surface area contributed by atoms with Crippen LogP contribution in [0.15, 0.2) is 77.2 Å². The number of fused-ring (bicyclic) bond motifs is 1. The molecular formula is C21H14N4O4S. The number of amides is 1. The van der Waals surface area contributed by atoms with E-state index in [1.165, 1.54) is 24.3 Å². The first-order valence-corrected chi connectivity index (χ1v) is 9.23. The molecule has 1 amide bonds. The molecule has 0 saturated carbocycles. The quantitative estimate of drug-likeness (QED) is 0.285. The lowest BCUT2D eigenvalue weighted by Crippen LogP contribution is -2.34. The van der Waals surface area contributed by atoms with E-state index < -0.39 is 10.8 Å². The third-order valence-corrected chi connectivity index (χ3v) is 4.42. The van der Waals surface area contributed by atoms with Gasteiger partial charge in [-0.2, -0.15) is 0 Å². The molecule has 0 saturated heterocycles. The molecule has 4 rings (SSSR count). The third kappa shape index (κ3) is 4.15. The number of nitrogens with zero attached hydrogens (tertiary/aromatic N) is 2. The van der Waals surface area contributed by atoms with Crippen molar-refractivity contribution >= 4 is 45.7 Å². The van der Waals surface area contributed by atoms with Crippen LogP contribution in [0.5, 0.6) is 0 Å². The molecule has 0 aliphatic heterocycles. The van der Waals surface area contributed by atoms with Gasteiger partial charge in [0.25, 0.3) is 11.6 Å². The van der Waals surface area contributed by atoms with E-state index in [1.807, 2.05) is 30.3 Å². The predicted octanol–water partition coefficient (Wildman–Crippen LogP) is 4.53. The van der Waals surface area contributed by atoms with Gasteiger partial charge in [-0.1, -0.05) is 24.3 Å². The average molecular weight is 418 g/mol. The number of oxazole rings is 1. The van der Waals surface area contributed by atoms with Crippen molar-refractivity contribution in [2.75, 3.05) is 5.32 Å². The van der Waals surface area contributed by atoms with Gasteiger partial charge in [0, 0.05) is 28.9 Å². The largest absolute Gasteiger partial charge is 0.436 e. The first-order chi connectivity index (χ1) is 14.5. The Bertz CT molecular complexity index is 1270. The van der Waals surface area contributed by atoms with Crippen molar-refractivity contribution in [1.29, 1.82) is 0 Å². The molecular weight excluding hydrogens is 404 g/mol. The number of benzene rings is 3. The molecule has 0 radical (unpaired) electrons.